The molecule has 0 spiro atoms. The highest BCUT2D eigenvalue weighted by atomic mass is 16.2. The first-order valence-corrected chi connectivity index (χ1v) is 10.5. The molecule has 5 rings (SSSR count). The third-order valence-electron chi connectivity index (χ3n) is 7.18. The molecule has 1 aromatic rings. The van der Waals surface area contributed by atoms with E-state index in [1.54, 1.807) is 0 Å². The molecule has 2 aliphatic carbocycles. The van der Waals surface area contributed by atoms with Crippen LogP contribution in [0.25, 0.3) is 0 Å². The normalized spacial score (nSPS) is 34.1. The maximum atomic E-state index is 13.1. The van der Waals surface area contributed by atoms with E-state index >= 15 is 0 Å². The van der Waals surface area contributed by atoms with Crippen molar-refractivity contribution in [3.8, 4) is 0 Å². The van der Waals surface area contributed by atoms with Crippen molar-refractivity contribution in [2.24, 2.45) is 17.8 Å². The summed E-state index contributed by atoms with van der Waals surface area (Å²) in [5.41, 5.74) is 2.50. The number of likely N-dealkylation sites (N-methyl/N-ethyl adjacent to an activating group) is 1. The van der Waals surface area contributed by atoms with Crippen LogP contribution in [-0.2, 0) is 17.8 Å². The summed E-state index contributed by atoms with van der Waals surface area (Å²) in [6.07, 6.45) is 10.5. The average Bonchev–Trinajstić information content (AvgIpc) is 3.41. The van der Waals surface area contributed by atoms with Gasteiger partial charge in [-0.1, -0.05) is 12.8 Å². The molecule has 4 aliphatic rings. The molecule has 1 aromatic heterocycles. The lowest BCUT2D eigenvalue weighted by molar-refractivity contribution is -0.134. The van der Waals surface area contributed by atoms with Gasteiger partial charge in [-0.2, -0.15) is 0 Å². The monoisotopic (exact) mass is 354 g/mol. The third kappa shape index (κ3) is 2.94. The Balaban J connectivity index is 1.28. The van der Waals surface area contributed by atoms with Gasteiger partial charge in [-0.05, 0) is 44.6 Å². The predicted octanol–water partition coefficient (Wildman–Crippen LogP) is 2.61. The van der Waals surface area contributed by atoms with Crippen LogP contribution >= 0.6 is 0 Å². The molecule has 3 unspecified atom stereocenters. The number of rotatable bonds is 2. The predicted molar refractivity (Wildman–Crippen MR) is 99.6 cm³/mol. The van der Waals surface area contributed by atoms with Gasteiger partial charge in [0.25, 0.3) is 0 Å². The van der Waals surface area contributed by atoms with Crippen LogP contribution in [0.2, 0.25) is 0 Å². The molecule has 5 heteroatoms. The highest BCUT2D eigenvalue weighted by Crippen LogP contribution is 2.56. The largest absolute Gasteiger partial charge is 0.342 e. The van der Waals surface area contributed by atoms with Crippen LogP contribution in [0.3, 0.4) is 0 Å². The molecule has 1 amide bonds. The van der Waals surface area contributed by atoms with E-state index in [-0.39, 0.29) is 0 Å². The zero-order valence-corrected chi connectivity index (χ0v) is 15.9. The second-order valence-corrected chi connectivity index (χ2v) is 8.95. The van der Waals surface area contributed by atoms with Crippen LogP contribution < -0.4 is 0 Å². The molecule has 0 radical (unpaired) electrons. The summed E-state index contributed by atoms with van der Waals surface area (Å²) in [5, 5.41) is 0. The topological polar surface area (TPSA) is 49.3 Å². The van der Waals surface area contributed by atoms with Crippen LogP contribution in [0.4, 0.5) is 0 Å². The number of likely N-dealkylation sites (tertiary alicyclic amines) is 1. The van der Waals surface area contributed by atoms with E-state index in [0.29, 0.717) is 29.6 Å². The summed E-state index contributed by atoms with van der Waals surface area (Å²) in [5.74, 6) is 3.47. The lowest BCUT2D eigenvalue weighted by Gasteiger charge is -2.33. The van der Waals surface area contributed by atoms with Gasteiger partial charge in [-0.15, -0.1) is 0 Å². The van der Waals surface area contributed by atoms with Gasteiger partial charge in [0, 0.05) is 61.9 Å². The number of hydrogen-bond donors (Lipinski definition) is 0. The Hall–Kier alpha value is -1.49. The number of carbonyl (C=O) groups excluding carboxylic acids is 1. The number of amides is 1. The minimum absolute atomic E-state index is 0.318. The van der Waals surface area contributed by atoms with Gasteiger partial charge in [-0.25, -0.2) is 9.97 Å². The third-order valence-corrected chi connectivity index (χ3v) is 7.18. The molecule has 26 heavy (non-hydrogen) atoms. The molecule has 3 fully saturated rings. The van der Waals surface area contributed by atoms with Crippen molar-refractivity contribution in [1.29, 1.82) is 0 Å². The maximum Gasteiger partial charge on any atom is 0.226 e. The van der Waals surface area contributed by atoms with Gasteiger partial charge in [0.15, 0.2) is 0 Å². The second kappa shape index (κ2) is 6.59. The average molecular weight is 354 g/mol. The van der Waals surface area contributed by atoms with Crippen LogP contribution in [0.5, 0.6) is 0 Å². The molecule has 2 aliphatic heterocycles. The first-order valence-electron chi connectivity index (χ1n) is 10.5. The van der Waals surface area contributed by atoms with E-state index < -0.39 is 0 Å². The van der Waals surface area contributed by atoms with Crippen molar-refractivity contribution in [3.63, 3.8) is 0 Å². The zero-order chi connectivity index (χ0) is 17.7. The highest BCUT2D eigenvalue weighted by Gasteiger charge is 2.56. The molecule has 0 aromatic carbocycles. The van der Waals surface area contributed by atoms with E-state index in [9.17, 15) is 4.79 Å². The molecule has 140 valence electrons. The van der Waals surface area contributed by atoms with Crippen LogP contribution in [-0.4, -0.2) is 52.4 Å². The second-order valence-electron chi connectivity index (χ2n) is 8.95. The minimum atomic E-state index is 0.318. The van der Waals surface area contributed by atoms with Crippen molar-refractivity contribution >= 4 is 5.91 Å². The standard InChI is InChI=1S/C21H30N4O/c1-24-10-8-18-15(12-24)11-22-20(23-18)14-5-4-9-25(13-14)21(26)19-16-6-2-3-7-17(16)19/h11,14,16-17,19H,2-10,12-13H2,1H3. The van der Waals surface area contributed by atoms with Crippen molar-refractivity contribution in [1.82, 2.24) is 19.8 Å². The molecular formula is C21H30N4O. The van der Waals surface area contributed by atoms with Crippen molar-refractivity contribution in [3.05, 3.63) is 23.3 Å². The lowest BCUT2D eigenvalue weighted by atomic mass is 9.96. The highest BCUT2D eigenvalue weighted by molar-refractivity contribution is 5.82. The number of piperidine rings is 1. The Labute approximate surface area is 156 Å². The van der Waals surface area contributed by atoms with E-state index in [1.807, 2.05) is 6.20 Å². The Morgan fingerprint density at radius 3 is 2.73 bits per heavy atom. The van der Waals surface area contributed by atoms with Gasteiger partial charge in [0.05, 0.1) is 0 Å². The van der Waals surface area contributed by atoms with E-state index in [1.165, 1.54) is 36.9 Å². The summed E-state index contributed by atoms with van der Waals surface area (Å²) < 4.78 is 0. The van der Waals surface area contributed by atoms with Gasteiger partial charge in [-0.3, -0.25) is 4.79 Å². The number of nitrogens with zero attached hydrogens (tertiary/aromatic N) is 4. The first kappa shape index (κ1) is 16.7. The number of fused-ring (bicyclic) bond motifs is 2. The summed E-state index contributed by atoms with van der Waals surface area (Å²) >= 11 is 0. The lowest BCUT2D eigenvalue weighted by Crippen LogP contribution is -2.41. The van der Waals surface area contributed by atoms with Gasteiger partial charge < -0.3 is 9.80 Å². The SMILES string of the molecule is CN1CCc2nc(C3CCCN(C(=O)C4C5CCCCC54)C3)ncc2C1. The van der Waals surface area contributed by atoms with Crippen molar-refractivity contribution in [2.75, 3.05) is 26.7 Å². The summed E-state index contributed by atoms with van der Waals surface area (Å²) in [6.45, 7) is 3.78. The Morgan fingerprint density at radius 2 is 1.92 bits per heavy atom. The minimum Gasteiger partial charge on any atom is -0.342 e. The van der Waals surface area contributed by atoms with Gasteiger partial charge >= 0.3 is 0 Å². The van der Waals surface area contributed by atoms with Gasteiger partial charge in [0.1, 0.15) is 5.82 Å². The van der Waals surface area contributed by atoms with E-state index in [4.69, 9.17) is 9.97 Å². The number of carbonyl (C=O) groups is 1. The summed E-state index contributed by atoms with van der Waals surface area (Å²) in [6, 6.07) is 0. The Kier molecular flexibility index (Phi) is 4.23. The molecule has 1 saturated heterocycles. The van der Waals surface area contributed by atoms with Crippen LogP contribution in [0, 0.1) is 17.8 Å². The molecule has 0 bridgehead atoms. The van der Waals surface area contributed by atoms with Crippen LogP contribution in [0.15, 0.2) is 6.20 Å². The van der Waals surface area contributed by atoms with E-state index in [2.05, 4.69) is 16.8 Å². The molecule has 5 nitrogen and oxygen atoms in total. The van der Waals surface area contributed by atoms with E-state index in [0.717, 1.165) is 51.3 Å². The first-order chi connectivity index (χ1) is 12.7. The molecule has 3 heterocycles. The Bertz CT molecular complexity index is 693. The molecule has 0 N–H and O–H groups in total. The summed E-state index contributed by atoms with van der Waals surface area (Å²) in [4.78, 5) is 27.1. The zero-order valence-electron chi connectivity index (χ0n) is 15.9. The molecule has 2 saturated carbocycles. The van der Waals surface area contributed by atoms with Crippen molar-refractivity contribution in [2.45, 2.75) is 57.4 Å². The molecular weight excluding hydrogens is 324 g/mol. The summed E-state index contributed by atoms with van der Waals surface area (Å²) in [7, 11) is 2.15. The fourth-order valence-electron chi connectivity index (χ4n) is 5.63. The quantitative estimate of drug-likeness (QED) is 0.819. The van der Waals surface area contributed by atoms with Gasteiger partial charge in [0.2, 0.25) is 5.91 Å². The fourth-order valence-corrected chi connectivity index (χ4v) is 5.63. The number of aromatic nitrogens is 2. The van der Waals surface area contributed by atoms with Crippen LogP contribution in [0.1, 0.15) is 61.5 Å². The maximum absolute atomic E-state index is 13.1. The fraction of sp³-hybridized carbons (Fsp3) is 0.762. The van der Waals surface area contributed by atoms with Crippen molar-refractivity contribution < 1.29 is 4.79 Å². The smallest absolute Gasteiger partial charge is 0.226 e. The Morgan fingerprint density at radius 1 is 1.12 bits per heavy atom. The molecule has 3 atom stereocenters. The number of hydrogen-bond acceptors (Lipinski definition) is 4.